The minimum Gasteiger partial charge on any atom is -0.497 e. The summed E-state index contributed by atoms with van der Waals surface area (Å²) in [6, 6.07) is 4.88. The molecule has 0 amide bonds. The van der Waals surface area contributed by atoms with Crippen molar-refractivity contribution in [3.63, 3.8) is 0 Å². The molecular weight excluding hydrogens is 235 g/mol. The molecule has 7 heteroatoms. The molecule has 1 aromatic rings. The van der Waals surface area contributed by atoms with E-state index in [0.29, 0.717) is 17.1 Å². The third-order valence-electron chi connectivity index (χ3n) is 1.88. The van der Waals surface area contributed by atoms with Crippen LogP contribution in [0.3, 0.4) is 0 Å². The first kappa shape index (κ1) is 13.0. The van der Waals surface area contributed by atoms with Gasteiger partial charge in [-0.15, -0.1) is 0 Å². The van der Waals surface area contributed by atoms with E-state index in [-0.39, 0.29) is 6.61 Å². The fraction of sp³-hybridized carbons (Fsp3) is 0.333. The Morgan fingerprint density at radius 3 is 2.44 bits per heavy atom. The number of rotatable bonds is 5. The molecule has 0 saturated heterocycles. The average molecular weight is 248 g/mol. The molecule has 6 nitrogen and oxygen atoms in total. The fourth-order valence-electron chi connectivity index (χ4n) is 1.12. The normalized spacial score (nSPS) is 11.2. The molecule has 0 atom stereocenters. The first-order valence-electron chi connectivity index (χ1n) is 4.37. The molecule has 1 aromatic carbocycles. The highest BCUT2D eigenvalue weighted by Gasteiger charge is 2.15. The van der Waals surface area contributed by atoms with E-state index in [9.17, 15) is 4.57 Å². The standard InChI is InChI=1S/C9H13O6P/c1-13-8-4-3-7(9(5-8)14-2)6-15-16(10,11)12/h3-5H,6H2,1-2H3,(H2,10,11,12). The lowest BCUT2D eigenvalue weighted by Gasteiger charge is -2.11. The van der Waals surface area contributed by atoms with Crippen molar-refractivity contribution in [2.75, 3.05) is 14.2 Å². The lowest BCUT2D eigenvalue weighted by atomic mass is 10.2. The van der Waals surface area contributed by atoms with E-state index < -0.39 is 7.82 Å². The Morgan fingerprint density at radius 1 is 1.25 bits per heavy atom. The van der Waals surface area contributed by atoms with E-state index in [0.717, 1.165) is 0 Å². The zero-order valence-electron chi connectivity index (χ0n) is 8.91. The van der Waals surface area contributed by atoms with Crippen molar-refractivity contribution < 1.29 is 28.3 Å². The van der Waals surface area contributed by atoms with Gasteiger partial charge in [-0.1, -0.05) is 0 Å². The van der Waals surface area contributed by atoms with Gasteiger partial charge in [-0.2, -0.15) is 0 Å². The van der Waals surface area contributed by atoms with Gasteiger partial charge in [0, 0.05) is 11.6 Å². The number of phosphoric acid groups is 1. The van der Waals surface area contributed by atoms with E-state index in [1.165, 1.54) is 14.2 Å². The van der Waals surface area contributed by atoms with Crippen molar-refractivity contribution in [1.82, 2.24) is 0 Å². The van der Waals surface area contributed by atoms with Crippen molar-refractivity contribution >= 4 is 7.82 Å². The summed E-state index contributed by atoms with van der Waals surface area (Å²) in [6.07, 6.45) is 0. The van der Waals surface area contributed by atoms with Crippen molar-refractivity contribution in [2.45, 2.75) is 6.61 Å². The SMILES string of the molecule is COc1ccc(COP(=O)(O)O)c(OC)c1. The minimum atomic E-state index is -4.47. The summed E-state index contributed by atoms with van der Waals surface area (Å²) in [5.41, 5.74) is 0.534. The second-order valence-corrected chi connectivity index (χ2v) is 4.18. The molecule has 0 aliphatic carbocycles. The van der Waals surface area contributed by atoms with E-state index >= 15 is 0 Å². The van der Waals surface area contributed by atoms with Crippen LogP contribution < -0.4 is 9.47 Å². The Kier molecular flexibility index (Phi) is 4.32. The summed E-state index contributed by atoms with van der Waals surface area (Å²) < 4.78 is 24.9. The van der Waals surface area contributed by atoms with Crippen molar-refractivity contribution in [2.24, 2.45) is 0 Å². The maximum absolute atomic E-state index is 10.5. The Balaban J connectivity index is 2.83. The molecule has 1 rings (SSSR count). The van der Waals surface area contributed by atoms with Crippen LogP contribution in [0.15, 0.2) is 18.2 Å². The average Bonchev–Trinajstić information content (AvgIpc) is 2.25. The van der Waals surface area contributed by atoms with Crippen LogP contribution in [-0.4, -0.2) is 24.0 Å². The van der Waals surface area contributed by atoms with Gasteiger partial charge in [0.15, 0.2) is 0 Å². The van der Waals surface area contributed by atoms with Gasteiger partial charge in [-0.3, -0.25) is 4.52 Å². The highest BCUT2D eigenvalue weighted by molar-refractivity contribution is 7.46. The van der Waals surface area contributed by atoms with E-state index in [2.05, 4.69) is 4.52 Å². The summed E-state index contributed by atoms with van der Waals surface area (Å²) in [5, 5.41) is 0. The van der Waals surface area contributed by atoms with Crippen LogP contribution in [0.4, 0.5) is 0 Å². The summed E-state index contributed by atoms with van der Waals surface area (Å²) in [5.74, 6) is 1.05. The molecule has 0 spiro atoms. The zero-order chi connectivity index (χ0) is 12.2. The highest BCUT2D eigenvalue weighted by atomic mass is 31.2. The van der Waals surface area contributed by atoms with Crippen LogP contribution in [0, 0.1) is 0 Å². The van der Waals surface area contributed by atoms with E-state index in [1.807, 2.05) is 0 Å². The molecule has 16 heavy (non-hydrogen) atoms. The van der Waals surface area contributed by atoms with E-state index in [4.69, 9.17) is 19.3 Å². The number of benzene rings is 1. The lowest BCUT2D eigenvalue weighted by Crippen LogP contribution is -1.96. The smallest absolute Gasteiger partial charge is 0.469 e. The molecule has 2 N–H and O–H groups in total. The van der Waals surface area contributed by atoms with Crippen molar-refractivity contribution in [1.29, 1.82) is 0 Å². The number of hydrogen-bond donors (Lipinski definition) is 2. The highest BCUT2D eigenvalue weighted by Crippen LogP contribution is 2.38. The number of ether oxygens (including phenoxy) is 2. The molecule has 90 valence electrons. The molecular formula is C9H13O6P. The summed E-state index contributed by atoms with van der Waals surface area (Å²) in [6.45, 7) is -0.225. The topological polar surface area (TPSA) is 85.2 Å². The quantitative estimate of drug-likeness (QED) is 0.764. The predicted molar refractivity (Wildman–Crippen MR) is 56.4 cm³/mol. The van der Waals surface area contributed by atoms with Gasteiger partial charge in [0.1, 0.15) is 11.5 Å². The maximum atomic E-state index is 10.5. The van der Waals surface area contributed by atoms with Crippen LogP contribution in [-0.2, 0) is 15.7 Å². The van der Waals surface area contributed by atoms with Crippen LogP contribution in [0.25, 0.3) is 0 Å². The molecule has 0 unspecified atom stereocenters. The van der Waals surface area contributed by atoms with Gasteiger partial charge in [-0.05, 0) is 12.1 Å². The molecule has 0 radical (unpaired) electrons. The molecule has 0 fully saturated rings. The van der Waals surface area contributed by atoms with Gasteiger partial charge in [0.2, 0.25) is 0 Å². The third kappa shape index (κ3) is 3.83. The molecule has 0 bridgehead atoms. The number of hydrogen-bond acceptors (Lipinski definition) is 4. The maximum Gasteiger partial charge on any atom is 0.469 e. The van der Waals surface area contributed by atoms with Gasteiger partial charge >= 0.3 is 7.82 Å². The Labute approximate surface area is 93.0 Å². The summed E-state index contributed by atoms with van der Waals surface area (Å²) in [7, 11) is -1.50. The minimum absolute atomic E-state index is 0.225. The molecule has 0 aliphatic heterocycles. The molecule has 0 aromatic heterocycles. The predicted octanol–water partition coefficient (Wildman–Crippen LogP) is 1.31. The monoisotopic (exact) mass is 248 g/mol. The molecule has 0 aliphatic rings. The zero-order valence-corrected chi connectivity index (χ0v) is 9.81. The fourth-order valence-corrected chi connectivity index (χ4v) is 1.43. The van der Waals surface area contributed by atoms with Crippen LogP contribution in [0.5, 0.6) is 11.5 Å². The Morgan fingerprint density at radius 2 is 1.94 bits per heavy atom. The molecule has 0 heterocycles. The summed E-state index contributed by atoms with van der Waals surface area (Å²) in [4.78, 5) is 17.1. The second-order valence-electron chi connectivity index (χ2n) is 2.94. The van der Waals surface area contributed by atoms with Gasteiger partial charge in [0.25, 0.3) is 0 Å². The van der Waals surface area contributed by atoms with Gasteiger partial charge in [0.05, 0.1) is 20.8 Å². The third-order valence-corrected chi connectivity index (χ3v) is 2.35. The van der Waals surface area contributed by atoms with Crippen molar-refractivity contribution in [3.8, 4) is 11.5 Å². The first-order chi connectivity index (χ1) is 7.46. The van der Waals surface area contributed by atoms with Gasteiger partial charge < -0.3 is 19.3 Å². The van der Waals surface area contributed by atoms with Crippen molar-refractivity contribution in [3.05, 3.63) is 23.8 Å². The lowest BCUT2D eigenvalue weighted by molar-refractivity contribution is 0.187. The largest absolute Gasteiger partial charge is 0.497 e. The Bertz CT molecular complexity index is 399. The number of methoxy groups -OCH3 is 2. The Hall–Kier alpha value is -1.07. The summed E-state index contributed by atoms with van der Waals surface area (Å²) >= 11 is 0. The van der Waals surface area contributed by atoms with E-state index in [1.54, 1.807) is 18.2 Å². The van der Waals surface area contributed by atoms with Crippen LogP contribution >= 0.6 is 7.82 Å². The molecule has 0 saturated carbocycles. The van der Waals surface area contributed by atoms with Crippen LogP contribution in [0.1, 0.15) is 5.56 Å². The first-order valence-corrected chi connectivity index (χ1v) is 5.90. The second kappa shape index (κ2) is 5.32. The van der Waals surface area contributed by atoms with Gasteiger partial charge in [-0.25, -0.2) is 4.57 Å². The van der Waals surface area contributed by atoms with Crippen LogP contribution in [0.2, 0.25) is 0 Å². The number of phosphoric ester groups is 1.